The summed E-state index contributed by atoms with van der Waals surface area (Å²) < 4.78 is 5.43. The van der Waals surface area contributed by atoms with Gasteiger partial charge in [-0.15, -0.1) is 0 Å². The molecule has 0 spiro atoms. The monoisotopic (exact) mass is 288 g/mol. The van der Waals surface area contributed by atoms with E-state index in [-0.39, 0.29) is 11.8 Å². The van der Waals surface area contributed by atoms with Crippen LogP contribution in [0.5, 0.6) is 0 Å². The van der Waals surface area contributed by atoms with Crippen LogP contribution in [0.3, 0.4) is 0 Å². The van der Waals surface area contributed by atoms with Gasteiger partial charge in [0.2, 0.25) is 0 Å². The smallest absolute Gasteiger partial charge is 0.182 e. The molecule has 0 amide bonds. The second-order valence-electron chi connectivity index (χ2n) is 4.03. The molecule has 0 aliphatic heterocycles. The maximum absolute atomic E-state index is 8.95. The van der Waals surface area contributed by atoms with Crippen LogP contribution in [-0.2, 0) is 4.74 Å². The zero-order valence-corrected chi connectivity index (χ0v) is 11.6. The molecule has 6 heteroatoms. The number of benzene rings is 1. The minimum atomic E-state index is -0.192. The van der Waals surface area contributed by atoms with E-state index in [4.69, 9.17) is 21.6 Å². The van der Waals surface area contributed by atoms with Gasteiger partial charge in [-0.25, -0.2) is 9.97 Å². The van der Waals surface area contributed by atoms with E-state index < -0.39 is 0 Å². The average Bonchev–Trinajstić information content (AvgIpc) is 2.48. The summed E-state index contributed by atoms with van der Waals surface area (Å²) in [6.07, 6.45) is 2.82. The first kappa shape index (κ1) is 14.3. The van der Waals surface area contributed by atoms with Gasteiger partial charge in [0.05, 0.1) is 6.10 Å². The van der Waals surface area contributed by atoms with Crippen LogP contribution >= 0.6 is 11.6 Å². The van der Waals surface area contributed by atoms with Crippen LogP contribution in [0.1, 0.15) is 17.4 Å². The highest BCUT2D eigenvalue weighted by Gasteiger charge is 2.12. The van der Waals surface area contributed by atoms with Crippen molar-refractivity contribution in [3.63, 3.8) is 0 Å². The van der Waals surface area contributed by atoms with Gasteiger partial charge in [-0.3, -0.25) is 0 Å². The fraction of sp³-hybridized carbons (Fsp3) is 0.214. The SMILES string of the molecule is CO[C@@H](CNc1nccnc1C#N)c1cccc(Cl)c1. The largest absolute Gasteiger partial charge is 0.375 e. The fourth-order valence-corrected chi connectivity index (χ4v) is 1.98. The van der Waals surface area contributed by atoms with E-state index in [1.807, 2.05) is 30.3 Å². The van der Waals surface area contributed by atoms with Crippen molar-refractivity contribution < 1.29 is 4.74 Å². The number of aromatic nitrogens is 2. The third kappa shape index (κ3) is 3.44. The number of hydrogen-bond acceptors (Lipinski definition) is 5. The molecule has 102 valence electrons. The molecule has 0 saturated carbocycles. The Morgan fingerprint density at radius 3 is 2.90 bits per heavy atom. The van der Waals surface area contributed by atoms with Crippen molar-refractivity contribution in [3.8, 4) is 6.07 Å². The van der Waals surface area contributed by atoms with Gasteiger partial charge < -0.3 is 10.1 Å². The molecule has 5 nitrogen and oxygen atoms in total. The van der Waals surface area contributed by atoms with E-state index in [2.05, 4.69) is 15.3 Å². The molecule has 0 saturated heterocycles. The third-order valence-electron chi connectivity index (χ3n) is 2.76. The van der Waals surface area contributed by atoms with Crippen molar-refractivity contribution in [2.75, 3.05) is 19.0 Å². The minimum Gasteiger partial charge on any atom is -0.375 e. The average molecular weight is 289 g/mol. The lowest BCUT2D eigenvalue weighted by atomic mass is 10.1. The summed E-state index contributed by atoms with van der Waals surface area (Å²) in [6, 6.07) is 9.44. The van der Waals surface area contributed by atoms with E-state index in [9.17, 15) is 0 Å². The highest BCUT2D eigenvalue weighted by atomic mass is 35.5. The topological polar surface area (TPSA) is 70.8 Å². The van der Waals surface area contributed by atoms with Crippen LogP contribution in [0.15, 0.2) is 36.7 Å². The van der Waals surface area contributed by atoms with Gasteiger partial charge in [0.25, 0.3) is 0 Å². The zero-order valence-electron chi connectivity index (χ0n) is 10.9. The minimum absolute atomic E-state index is 0.192. The summed E-state index contributed by atoms with van der Waals surface area (Å²) in [5.74, 6) is 0.444. The van der Waals surface area contributed by atoms with Crippen LogP contribution in [0.4, 0.5) is 5.82 Å². The first-order valence-corrected chi connectivity index (χ1v) is 6.35. The summed E-state index contributed by atoms with van der Waals surface area (Å²) in [5, 5.41) is 12.7. The van der Waals surface area contributed by atoms with E-state index in [1.165, 1.54) is 12.4 Å². The lowest BCUT2D eigenvalue weighted by Gasteiger charge is -2.17. The number of rotatable bonds is 5. The van der Waals surface area contributed by atoms with Crippen LogP contribution in [-0.4, -0.2) is 23.6 Å². The van der Waals surface area contributed by atoms with Gasteiger partial charge in [-0.1, -0.05) is 23.7 Å². The molecule has 1 atom stereocenters. The summed E-state index contributed by atoms with van der Waals surface area (Å²) >= 11 is 5.97. The molecule has 0 aliphatic carbocycles. The number of nitriles is 1. The maximum atomic E-state index is 8.95. The molecule has 20 heavy (non-hydrogen) atoms. The molecular formula is C14H13ClN4O. The number of ether oxygens (including phenoxy) is 1. The fourth-order valence-electron chi connectivity index (χ4n) is 1.78. The Balaban J connectivity index is 2.10. The molecule has 2 rings (SSSR count). The van der Waals surface area contributed by atoms with Crippen LogP contribution in [0.2, 0.25) is 5.02 Å². The Morgan fingerprint density at radius 1 is 1.40 bits per heavy atom. The Morgan fingerprint density at radius 2 is 2.20 bits per heavy atom. The predicted octanol–water partition coefficient (Wildman–Crippen LogP) is 2.80. The van der Waals surface area contributed by atoms with Gasteiger partial charge in [-0.2, -0.15) is 5.26 Å². The van der Waals surface area contributed by atoms with Crippen molar-refractivity contribution in [2.24, 2.45) is 0 Å². The van der Waals surface area contributed by atoms with Crippen molar-refractivity contribution in [1.82, 2.24) is 9.97 Å². The quantitative estimate of drug-likeness (QED) is 0.916. The Kier molecular flexibility index (Phi) is 4.88. The molecular weight excluding hydrogens is 276 g/mol. The second kappa shape index (κ2) is 6.85. The normalized spacial score (nSPS) is 11.7. The summed E-state index contributed by atoms with van der Waals surface area (Å²) in [5.41, 5.74) is 1.21. The molecule has 1 heterocycles. The molecule has 1 aromatic carbocycles. The highest BCUT2D eigenvalue weighted by Crippen LogP contribution is 2.21. The first-order valence-electron chi connectivity index (χ1n) is 5.98. The van der Waals surface area contributed by atoms with E-state index in [0.29, 0.717) is 17.4 Å². The molecule has 2 aromatic rings. The summed E-state index contributed by atoms with van der Waals surface area (Å²) in [6.45, 7) is 0.463. The number of nitrogens with zero attached hydrogens (tertiary/aromatic N) is 3. The Bertz CT molecular complexity index is 627. The van der Waals surface area contributed by atoms with E-state index in [1.54, 1.807) is 7.11 Å². The van der Waals surface area contributed by atoms with Crippen molar-refractivity contribution in [2.45, 2.75) is 6.10 Å². The molecule has 0 fully saturated rings. The third-order valence-corrected chi connectivity index (χ3v) is 3.00. The Labute approximate surface area is 122 Å². The van der Waals surface area contributed by atoms with Crippen molar-refractivity contribution in [1.29, 1.82) is 5.26 Å². The second-order valence-corrected chi connectivity index (χ2v) is 4.46. The molecule has 0 bridgehead atoms. The molecule has 1 aromatic heterocycles. The number of nitrogens with one attached hydrogen (secondary N) is 1. The Hall–Kier alpha value is -2.16. The van der Waals surface area contributed by atoms with Crippen LogP contribution in [0, 0.1) is 11.3 Å². The lowest BCUT2D eigenvalue weighted by molar-refractivity contribution is 0.114. The zero-order chi connectivity index (χ0) is 14.4. The van der Waals surface area contributed by atoms with Gasteiger partial charge in [-0.05, 0) is 17.7 Å². The number of methoxy groups -OCH3 is 1. The van der Waals surface area contributed by atoms with Gasteiger partial charge >= 0.3 is 0 Å². The van der Waals surface area contributed by atoms with Crippen molar-refractivity contribution in [3.05, 3.63) is 52.9 Å². The number of hydrogen-bond donors (Lipinski definition) is 1. The van der Waals surface area contributed by atoms with Crippen molar-refractivity contribution >= 4 is 17.4 Å². The van der Waals surface area contributed by atoms with Crippen LogP contribution < -0.4 is 5.32 Å². The molecule has 0 radical (unpaired) electrons. The molecule has 0 unspecified atom stereocenters. The summed E-state index contributed by atoms with van der Waals surface area (Å²) in [7, 11) is 1.62. The molecule has 1 N–H and O–H groups in total. The highest BCUT2D eigenvalue weighted by molar-refractivity contribution is 6.30. The van der Waals surface area contributed by atoms with E-state index >= 15 is 0 Å². The molecule has 0 aliphatic rings. The van der Waals surface area contributed by atoms with Gasteiger partial charge in [0.1, 0.15) is 6.07 Å². The van der Waals surface area contributed by atoms with E-state index in [0.717, 1.165) is 5.56 Å². The first-order chi connectivity index (χ1) is 9.74. The number of halogens is 1. The lowest BCUT2D eigenvalue weighted by Crippen LogP contribution is -2.16. The predicted molar refractivity (Wildman–Crippen MR) is 76.4 cm³/mol. The summed E-state index contributed by atoms with van der Waals surface area (Å²) in [4.78, 5) is 8.03. The van der Waals surface area contributed by atoms with Crippen LogP contribution in [0.25, 0.3) is 0 Å². The standard InChI is InChI=1S/C14H13ClN4O/c1-20-13(10-3-2-4-11(15)7-10)9-19-14-12(8-16)17-5-6-18-14/h2-7,13H,9H2,1H3,(H,18,19)/t13-/m0/s1. The maximum Gasteiger partial charge on any atom is 0.182 e. The van der Waals surface area contributed by atoms with Gasteiger partial charge in [0.15, 0.2) is 11.5 Å². The van der Waals surface area contributed by atoms with Gasteiger partial charge in [0, 0.05) is 31.1 Å². The number of anilines is 1.